The van der Waals surface area contributed by atoms with Gasteiger partial charge in [-0.15, -0.1) is 0 Å². The quantitative estimate of drug-likeness (QED) is 0.325. The van der Waals surface area contributed by atoms with Gasteiger partial charge in [0.2, 0.25) is 0 Å². The van der Waals surface area contributed by atoms with Crippen LogP contribution < -0.4 is 19.5 Å². The van der Waals surface area contributed by atoms with Crippen molar-refractivity contribution in [3.8, 4) is 17.2 Å². The molecule has 37 heavy (non-hydrogen) atoms. The zero-order valence-corrected chi connectivity index (χ0v) is 22.2. The van der Waals surface area contributed by atoms with Gasteiger partial charge in [-0.05, 0) is 78.1 Å². The van der Waals surface area contributed by atoms with E-state index in [0.717, 1.165) is 31.5 Å². The molecule has 0 saturated heterocycles. The first kappa shape index (κ1) is 26.3. The van der Waals surface area contributed by atoms with Crippen LogP contribution in [0.4, 0.5) is 0 Å². The molecule has 0 unspecified atom stereocenters. The van der Waals surface area contributed by atoms with E-state index in [9.17, 15) is 4.79 Å². The fourth-order valence-corrected chi connectivity index (χ4v) is 4.81. The third-order valence-electron chi connectivity index (χ3n) is 6.48. The Bertz CT molecular complexity index is 1220. The van der Waals surface area contributed by atoms with Crippen LogP contribution in [0.5, 0.6) is 17.2 Å². The number of carbonyl (C=O) groups excluding carboxylic acids is 1. The number of benzene rings is 3. The highest BCUT2D eigenvalue weighted by Gasteiger charge is 2.31. The zero-order chi connectivity index (χ0) is 26.2. The van der Waals surface area contributed by atoms with Gasteiger partial charge in [-0.3, -0.25) is 0 Å². The molecule has 0 fully saturated rings. The second-order valence-electron chi connectivity index (χ2n) is 8.66. The van der Waals surface area contributed by atoms with E-state index in [1.807, 2.05) is 30.3 Å². The zero-order valence-electron chi connectivity index (χ0n) is 21.4. The molecule has 0 aliphatic carbocycles. The minimum Gasteiger partial charge on any atom is -0.493 e. The van der Waals surface area contributed by atoms with Crippen LogP contribution in [0, 0.1) is 0 Å². The van der Waals surface area contributed by atoms with Gasteiger partial charge >= 0.3 is 5.97 Å². The van der Waals surface area contributed by atoms with Crippen LogP contribution >= 0.6 is 12.2 Å². The summed E-state index contributed by atoms with van der Waals surface area (Å²) in [5.74, 6) is 1.64. The maximum Gasteiger partial charge on any atom is 0.337 e. The van der Waals surface area contributed by atoms with Gasteiger partial charge < -0.3 is 29.2 Å². The Hall–Kier alpha value is -3.78. The van der Waals surface area contributed by atoms with Crippen molar-refractivity contribution in [2.24, 2.45) is 0 Å². The Kier molecular flexibility index (Phi) is 8.85. The first-order valence-electron chi connectivity index (χ1n) is 12.2. The standard InChI is InChI=1S/C29H32N2O5S/c1-33-26-17-22-14-16-31(29(37)30-15-13-20-7-5-4-6-8-20)25(24(22)18-27(26)34-2)19-36-23-11-9-21(10-12-23)28(32)35-3/h4-12,17-18,25H,13-16,19H2,1-3H3,(H,30,37)/t25-/m0/s1. The van der Waals surface area contributed by atoms with E-state index < -0.39 is 0 Å². The number of carbonyl (C=O) groups is 1. The number of fused-ring (bicyclic) bond motifs is 1. The van der Waals surface area contributed by atoms with Crippen molar-refractivity contribution in [3.05, 3.63) is 89.0 Å². The Labute approximate surface area is 223 Å². The van der Waals surface area contributed by atoms with Crippen molar-refractivity contribution >= 4 is 23.3 Å². The van der Waals surface area contributed by atoms with Crippen molar-refractivity contribution in [1.82, 2.24) is 10.2 Å². The molecule has 1 N–H and O–H groups in total. The smallest absolute Gasteiger partial charge is 0.337 e. The van der Waals surface area contributed by atoms with Crippen LogP contribution in [0.15, 0.2) is 66.7 Å². The summed E-state index contributed by atoms with van der Waals surface area (Å²) in [6.45, 7) is 1.84. The minimum absolute atomic E-state index is 0.138. The molecule has 1 aliphatic heterocycles. The Balaban J connectivity index is 1.53. The number of rotatable bonds is 9. The van der Waals surface area contributed by atoms with Crippen molar-refractivity contribution in [2.45, 2.75) is 18.9 Å². The third-order valence-corrected chi connectivity index (χ3v) is 6.86. The largest absolute Gasteiger partial charge is 0.493 e. The van der Waals surface area contributed by atoms with Crippen LogP contribution in [0.2, 0.25) is 0 Å². The molecule has 7 nitrogen and oxygen atoms in total. The molecule has 0 aromatic heterocycles. The number of thiocarbonyl (C=S) groups is 1. The van der Waals surface area contributed by atoms with Gasteiger partial charge in [-0.1, -0.05) is 30.3 Å². The van der Waals surface area contributed by atoms with Gasteiger partial charge in [-0.2, -0.15) is 0 Å². The van der Waals surface area contributed by atoms with Crippen molar-refractivity contribution in [1.29, 1.82) is 0 Å². The lowest BCUT2D eigenvalue weighted by molar-refractivity contribution is 0.0600. The minimum atomic E-state index is -0.382. The van der Waals surface area contributed by atoms with Crippen LogP contribution in [-0.2, 0) is 17.6 Å². The number of esters is 1. The van der Waals surface area contributed by atoms with Crippen molar-refractivity contribution in [2.75, 3.05) is 41.0 Å². The number of ether oxygens (including phenoxy) is 4. The summed E-state index contributed by atoms with van der Waals surface area (Å²) in [4.78, 5) is 13.9. The molecular weight excluding hydrogens is 488 g/mol. The van der Waals surface area contributed by atoms with Crippen molar-refractivity contribution in [3.63, 3.8) is 0 Å². The second kappa shape index (κ2) is 12.5. The molecule has 0 amide bonds. The second-order valence-corrected chi connectivity index (χ2v) is 9.05. The molecule has 8 heteroatoms. The molecule has 1 atom stereocenters. The molecule has 3 aromatic carbocycles. The lowest BCUT2D eigenvalue weighted by atomic mass is 9.92. The lowest BCUT2D eigenvalue weighted by Gasteiger charge is -2.39. The van der Waals surface area contributed by atoms with Gasteiger partial charge in [0.1, 0.15) is 12.4 Å². The molecule has 0 radical (unpaired) electrons. The van der Waals surface area contributed by atoms with Gasteiger partial charge in [-0.25, -0.2) is 4.79 Å². The van der Waals surface area contributed by atoms with Gasteiger partial charge in [0.05, 0.1) is 32.9 Å². The van der Waals surface area contributed by atoms with E-state index in [-0.39, 0.29) is 12.0 Å². The molecule has 4 rings (SSSR count). The first-order chi connectivity index (χ1) is 18.0. The summed E-state index contributed by atoms with van der Waals surface area (Å²) in [5.41, 5.74) is 3.99. The Morgan fingerprint density at radius 1 is 1.00 bits per heavy atom. The summed E-state index contributed by atoms with van der Waals surface area (Å²) in [6.07, 6.45) is 1.70. The van der Waals surface area contributed by atoms with E-state index in [4.69, 9.17) is 31.2 Å². The van der Waals surface area contributed by atoms with E-state index in [1.165, 1.54) is 18.2 Å². The Morgan fingerprint density at radius 2 is 1.70 bits per heavy atom. The molecule has 1 aliphatic rings. The van der Waals surface area contributed by atoms with Crippen LogP contribution in [0.1, 0.15) is 33.1 Å². The van der Waals surface area contributed by atoms with Crippen LogP contribution in [-0.4, -0.2) is 57.0 Å². The number of hydrogen-bond acceptors (Lipinski definition) is 6. The topological polar surface area (TPSA) is 69.3 Å². The highest BCUT2D eigenvalue weighted by molar-refractivity contribution is 7.80. The highest BCUT2D eigenvalue weighted by atomic mass is 32.1. The average Bonchev–Trinajstić information content (AvgIpc) is 2.95. The predicted octanol–water partition coefficient (Wildman–Crippen LogP) is 4.59. The maximum absolute atomic E-state index is 11.8. The van der Waals surface area contributed by atoms with E-state index in [2.05, 4.69) is 22.3 Å². The SMILES string of the molecule is COC(=O)c1ccc(OC[C@H]2c3cc(OC)c(OC)cc3CCN2C(=S)NCCc2ccccc2)cc1. The summed E-state index contributed by atoms with van der Waals surface area (Å²) in [5, 5.41) is 4.12. The molecule has 0 bridgehead atoms. The normalized spacial score (nSPS) is 14.4. The number of methoxy groups -OCH3 is 3. The van der Waals surface area contributed by atoms with E-state index in [0.29, 0.717) is 34.5 Å². The van der Waals surface area contributed by atoms with Crippen LogP contribution in [0.25, 0.3) is 0 Å². The molecule has 194 valence electrons. The molecule has 3 aromatic rings. The van der Waals surface area contributed by atoms with Gasteiger partial charge in [0, 0.05) is 13.1 Å². The average molecular weight is 521 g/mol. The molecule has 0 spiro atoms. The van der Waals surface area contributed by atoms with Gasteiger partial charge in [0.25, 0.3) is 0 Å². The van der Waals surface area contributed by atoms with Crippen molar-refractivity contribution < 1.29 is 23.7 Å². The summed E-state index contributed by atoms with van der Waals surface area (Å²) in [6, 6.07) is 21.2. The van der Waals surface area contributed by atoms with Gasteiger partial charge in [0.15, 0.2) is 16.6 Å². The number of nitrogens with one attached hydrogen (secondary N) is 1. The predicted molar refractivity (Wildman–Crippen MR) is 147 cm³/mol. The monoisotopic (exact) mass is 520 g/mol. The molecular formula is C29H32N2O5S. The summed E-state index contributed by atoms with van der Waals surface area (Å²) >= 11 is 5.85. The van der Waals surface area contributed by atoms with Crippen LogP contribution in [0.3, 0.4) is 0 Å². The Morgan fingerprint density at radius 3 is 2.38 bits per heavy atom. The fourth-order valence-electron chi connectivity index (χ4n) is 4.49. The third kappa shape index (κ3) is 6.32. The lowest BCUT2D eigenvalue weighted by Crippen LogP contribution is -2.47. The summed E-state index contributed by atoms with van der Waals surface area (Å²) < 4.78 is 22.1. The molecule has 1 heterocycles. The summed E-state index contributed by atoms with van der Waals surface area (Å²) in [7, 11) is 4.64. The van der Waals surface area contributed by atoms with E-state index in [1.54, 1.807) is 38.5 Å². The number of nitrogens with zero attached hydrogens (tertiary/aromatic N) is 1. The highest BCUT2D eigenvalue weighted by Crippen LogP contribution is 2.38. The fraction of sp³-hybridized carbons (Fsp3) is 0.310. The first-order valence-corrected chi connectivity index (χ1v) is 12.6. The maximum atomic E-state index is 11.8. The van der Waals surface area contributed by atoms with E-state index >= 15 is 0 Å². The molecule has 0 saturated carbocycles. The number of hydrogen-bond donors (Lipinski definition) is 1.